The summed E-state index contributed by atoms with van der Waals surface area (Å²) in [5, 5.41) is 10.5. The second kappa shape index (κ2) is 6.86. The number of methoxy groups -OCH3 is 1. The Morgan fingerprint density at radius 2 is 2.11 bits per heavy atom. The summed E-state index contributed by atoms with van der Waals surface area (Å²) in [6.07, 6.45) is 1.87. The van der Waals surface area contributed by atoms with Crippen molar-refractivity contribution >= 4 is 22.6 Å². The molecule has 0 fully saturated rings. The van der Waals surface area contributed by atoms with Gasteiger partial charge in [-0.1, -0.05) is 12.1 Å². The van der Waals surface area contributed by atoms with Crippen molar-refractivity contribution in [3.8, 4) is 11.3 Å². The fraction of sp³-hybridized carbons (Fsp3) is 0.308. The molecular weight excluding hydrogens is 341 g/mol. The Balaban J connectivity index is 2.05. The fourth-order valence-corrected chi connectivity index (χ4v) is 2.07. The van der Waals surface area contributed by atoms with Crippen molar-refractivity contribution in [2.45, 2.75) is 6.54 Å². The molecule has 1 aromatic heterocycles. The second-order valence-corrected chi connectivity index (χ2v) is 5.19. The van der Waals surface area contributed by atoms with Crippen LogP contribution in [0.4, 0.5) is 0 Å². The number of benzene rings is 1. The lowest BCUT2D eigenvalue weighted by molar-refractivity contribution is 0.199. The summed E-state index contributed by atoms with van der Waals surface area (Å²) in [6, 6.07) is 8.40. The van der Waals surface area contributed by atoms with Gasteiger partial charge in [0.25, 0.3) is 0 Å². The molecule has 2 N–H and O–H groups in total. The summed E-state index contributed by atoms with van der Waals surface area (Å²) in [5.74, 6) is 0. The molecule has 96 valence electrons. The molecule has 0 bridgehead atoms. The highest BCUT2D eigenvalue weighted by molar-refractivity contribution is 14.1. The van der Waals surface area contributed by atoms with Crippen molar-refractivity contribution in [1.82, 2.24) is 15.5 Å². The average Bonchev–Trinajstić information content (AvgIpc) is 2.84. The number of ether oxygens (including phenoxy) is 1. The Kier molecular flexibility index (Phi) is 5.15. The highest BCUT2D eigenvalue weighted by Crippen LogP contribution is 2.21. The van der Waals surface area contributed by atoms with Gasteiger partial charge in [-0.05, 0) is 40.3 Å². The van der Waals surface area contributed by atoms with Gasteiger partial charge in [-0.15, -0.1) is 0 Å². The number of nitrogens with zero attached hydrogens (tertiary/aromatic N) is 1. The van der Waals surface area contributed by atoms with Crippen LogP contribution in [-0.2, 0) is 11.3 Å². The first-order valence-corrected chi connectivity index (χ1v) is 6.87. The Bertz CT molecular complexity index is 481. The number of nitrogens with one attached hydrogen (secondary N) is 2. The van der Waals surface area contributed by atoms with Gasteiger partial charge < -0.3 is 10.1 Å². The molecule has 1 heterocycles. The van der Waals surface area contributed by atoms with Crippen molar-refractivity contribution in [2.24, 2.45) is 0 Å². The minimum Gasteiger partial charge on any atom is -0.383 e. The largest absolute Gasteiger partial charge is 0.383 e. The van der Waals surface area contributed by atoms with Crippen molar-refractivity contribution in [3.63, 3.8) is 0 Å². The lowest BCUT2D eigenvalue weighted by Crippen LogP contribution is -2.18. The normalized spacial score (nSPS) is 10.8. The second-order valence-electron chi connectivity index (χ2n) is 3.95. The van der Waals surface area contributed by atoms with Crippen LogP contribution in [0.5, 0.6) is 0 Å². The number of hydrogen-bond donors (Lipinski definition) is 2. The van der Waals surface area contributed by atoms with E-state index in [-0.39, 0.29) is 0 Å². The van der Waals surface area contributed by atoms with Crippen LogP contribution in [0.25, 0.3) is 11.3 Å². The highest BCUT2D eigenvalue weighted by Gasteiger charge is 2.06. The van der Waals surface area contributed by atoms with E-state index in [0.29, 0.717) is 0 Å². The number of hydrogen-bond acceptors (Lipinski definition) is 3. The van der Waals surface area contributed by atoms with Crippen molar-refractivity contribution in [2.75, 3.05) is 20.3 Å². The van der Waals surface area contributed by atoms with Crippen LogP contribution in [0.1, 0.15) is 5.56 Å². The molecule has 4 nitrogen and oxygen atoms in total. The van der Waals surface area contributed by atoms with Crippen LogP contribution in [0.3, 0.4) is 0 Å². The average molecular weight is 357 g/mol. The monoisotopic (exact) mass is 357 g/mol. The maximum Gasteiger partial charge on any atom is 0.0695 e. The van der Waals surface area contributed by atoms with E-state index >= 15 is 0 Å². The molecule has 0 radical (unpaired) electrons. The molecule has 0 aliphatic carbocycles. The molecule has 0 amide bonds. The topological polar surface area (TPSA) is 49.9 Å². The Morgan fingerprint density at radius 1 is 1.33 bits per heavy atom. The summed E-state index contributed by atoms with van der Waals surface area (Å²) < 4.78 is 6.23. The summed E-state index contributed by atoms with van der Waals surface area (Å²) in [7, 11) is 1.70. The van der Waals surface area contributed by atoms with Gasteiger partial charge in [-0.2, -0.15) is 5.10 Å². The van der Waals surface area contributed by atoms with Crippen LogP contribution < -0.4 is 5.32 Å². The van der Waals surface area contributed by atoms with Gasteiger partial charge in [0.15, 0.2) is 0 Å². The standard InChI is InChI=1S/C13H16IN3O/c1-18-7-6-15-8-11-9-16-17-13(11)10-2-4-12(14)5-3-10/h2-5,9,15H,6-8H2,1H3,(H,16,17). The number of aromatic amines is 1. The zero-order valence-corrected chi connectivity index (χ0v) is 12.4. The minimum absolute atomic E-state index is 0.719. The van der Waals surface area contributed by atoms with E-state index in [1.165, 1.54) is 9.13 Å². The van der Waals surface area contributed by atoms with Crippen molar-refractivity contribution in [3.05, 3.63) is 39.6 Å². The van der Waals surface area contributed by atoms with E-state index in [1.807, 2.05) is 6.20 Å². The molecule has 0 aliphatic rings. The van der Waals surface area contributed by atoms with E-state index < -0.39 is 0 Å². The third kappa shape index (κ3) is 3.54. The quantitative estimate of drug-likeness (QED) is 0.617. The summed E-state index contributed by atoms with van der Waals surface area (Å²) in [5.41, 5.74) is 3.42. The fourth-order valence-electron chi connectivity index (χ4n) is 1.71. The maximum atomic E-state index is 5.00. The Morgan fingerprint density at radius 3 is 2.83 bits per heavy atom. The van der Waals surface area contributed by atoms with E-state index in [4.69, 9.17) is 4.74 Å². The lowest BCUT2D eigenvalue weighted by atomic mass is 10.1. The van der Waals surface area contributed by atoms with E-state index in [0.717, 1.165) is 31.0 Å². The Hall–Kier alpha value is -0.920. The summed E-state index contributed by atoms with van der Waals surface area (Å²) >= 11 is 2.30. The molecule has 0 saturated heterocycles. The molecular formula is C13H16IN3O. The van der Waals surface area contributed by atoms with Crippen LogP contribution in [0, 0.1) is 3.57 Å². The van der Waals surface area contributed by atoms with Gasteiger partial charge in [-0.3, -0.25) is 5.10 Å². The van der Waals surface area contributed by atoms with Crippen LogP contribution >= 0.6 is 22.6 Å². The van der Waals surface area contributed by atoms with Crippen LogP contribution in [0.2, 0.25) is 0 Å². The van der Waals surface area contributed by atoms with Crippen molar-refractivity contribution in [1.29, 1.82) is 0 Å². The number of H-pyrrole nitrogens is 1. The molecule has 0 unspecified atom stereocenters. The number of halogens is 1. The van der Waals surface area contributed by atoms with Crippen molar-refractivity contribution < 1.29 is 4.74 Å². The summed E-state index contributed by atoms with van der Waals surface area (Å²) in [6.45, 7) is 2.35. The molecule has 1 aromatic carbocycles. The molecule has 5 heteroatoms. The predicted molar refractivity (Wildman–Crippen MR) is 80.3 cm³/mol. The van der Waals surface area contributed by atoms with Crippen LogP contribution in [0.15, 0.2) is 30.5 Å². The summed E-state index contributed by atoms with van der Waals surface area (Å²) in [4.78, 5) is 0. The minimum atomic E-state index is 0.719. The maximum absolute atomic E-state index is 5.00. The Labute approximate surface area is 120 Å². The van der Waals surface area contributed by atoms with Gasteiger partial charge in [-0.25, -0.2) is 0 Å². The zero-order valence-electron chi connectivity index (χ0n) is 10.2. The van der Waals surface area contributed by atoms with E-state index in [1.54, 1.807) is 7.11 Å². The molecule has 0 spiro atoms. The predicted octanol–water partition coefficient (Wildman–Crippen LogP) is 2.42. The zero-order chi connectivity index (χ0) is 12.8. The van der Waals surface area contributed by atoms with Gasteiger partial charge in [0.05, 0.1) is 18.5 Å². The molecule has 2 aromatic rings. The third-order valence-corrected chi connectivity index (χ3v) is 3.37. The van der Waals surface area contributed by atoms with E-state index in [2.05, 4.69) is 62.4 Å². The molecule has 2 rings (SSSR count). The first kappa shape index (κ1) is 13.5. The van der Waals surface area contributed by atoms with Gasteiger partial charge in [0.2, 0.25) is 0 Å². The first-order valence-electron chi connectivity index (χ1n) is 5.79. The van der Waals surface area contributed by atoms with Gasteiger partial charge in [0.1, 0.15) is 0 Å². The lowest BCUT2D eigenvalue weighted by Gasteiger charge is -2.05. The van der Waals surface area contributed by atoms with E-state index in [9.17, 15) is 0 Å². The van der Waals surface area contributed by atoms with Gasteiger partial charge in [0, 0.05) is 29.3 Å². The highest BCUT2D eigenvalue weighted by atomic mass is 127. The first-order chi connectivity index (χ1) is 8.81. The number of aromatic nitrogens is 2. The molecule has 18 heavy (non-hydrogen) atoms. The van der Waals surface area contributed by atoms with Crippen LogP contribution in [-0.4, -0.2) is 30.5 Å². The number of rotatable bonds is 6. The SMILES string of the molecule is COCCNCc1cn[nH]c1-c1ccc(I)cc1. The smallest absolute Gasteiger partial charge is 0.0695 e. The molecule has 0 aliphatic heterocycles. The molecule has 0 saturated carbocycles. The third-order valence-electron chi connectivity index (χ3n) is 2.65. The van der Waals surface area contributed by atoms with Gasteiger partial charge >= 0.3 is 0 Å². The molecule has 0 atom stereocenters.